The Bertz CT molecular complexity index is 1600. The van der Waals surface area contributed by atoms with Gasteiger partial charge in [0.2, 0.25) is 0 Å². The minimum absolute atomic E-state index is 0.0134. The molecule has 1 saturated heterocycles. The molecule has 0 spiro atoms. The number of rotatable bonds is 4. The normalized spacial score (nSPS) is 22.9. The van der Waals surface area contributed by atoms with Crippen molar-refractivity contribution in [1.29, 1.82) is 0 Å². The SMILES string of the molecule is C[C@H]1CCN(c2ccc(-c3cc4nc(C(=O)N5C[C@H](F)c6ccccc6[C@H]5C)cc(C5CC5)n4n3)c(F)c2)C1. The zero-order valence-electron chi connectivity index (χ0n) is 22.1. The van der Waals surface area contributed by atoms with E-state index in [4.69, 9.17) is 5.10 Å². The largest absolute Gasteiger partial charge is 0.371 e. The van der Waals surface area contributed by atoms with Crippen LogP contribution in [0.5, 0.6) is 0 Å². The van der Waals surface area contributed by atoms with Gasteiger partial charge in [-0.15, -0.1) is 0 Å². The van der Waals surface area contributed by atoms with Gasteiger partial charge in [-0.05, 0) is 67.5 Å². The number of alkyl halides is 1. The molecule has 0 bridgehead atoms. The number of anilines is 1. The molecule has 39 heavy (non-hydrogen) atoms. The Morgan fingerprint density at radius 2 is 1.77 bits per heavy atom. The van der Waals surface area contributed by atoms with Gasteiger partial charge in [0.05, 0.1) is 18.3 Å². The van der Waals surface area contributed by atoms with E-state index in [0.717, 1.165) is 49.3 Å². The molecule has 6 nitrogen and oxygen atoms in total. The number of hydrogen-bond donors (Lipinski definition) is 0. The van der Waals surface area contributed by atoms with E-state index >= 15 is 8.78 Å². The summed E-state index contributed by atoms with van der Waals surface area (Å²) in [6.07, 6.45) is 1.86. The lowest BCUT2D eigenvalue weighted by Crippen LogP contribution is -2.40. The Hall–Kier alpha value is -3.81. The van der Waals surface area contributed by atoms with Crippen LogP contribution in [0.2, 0.25) is 0 Å². The Kier molecular flexibility index (Phi) is 5.68. The lowest BCUT2D eigenvalue weighted by Gasteiger charge is -2.36. The van der Waals surface area contributed by atoms with E-state index in [1.165, 1.54) is 0 Å². The van der Waals surface area contributed by atoms with Gasteiger partial charge >= 0.3 is 0 Å². The van der Waals surface area contributed by atoms with Crippen molar-refractivity contribution in [2.45, 2.75) is 51.2 Å². The van der Waals surface area contributed by atoms with Crippen LogP contribution < -0.4 is 4.90 Å². The number of halogens is 2. The first-order chi connectivity index (χ1) is 18.9. The summed E-state index contributed by atoms with van der Waals surface area (Å²) in [7, 11) is 0. The first-order valence-electron chi connectivity index (χ1n) is 13.9. The Morgan fingerprint density at radius 3 is 2.49 bits per heavy atom. The zero-order valence-corrected chi connectivity index (χ0v) is 22.1. The third-order valence-electron chi connectivity index (χ3n) is 8.56. The lowest BCUT2D eigenvalue weighted by atomic mass is 9.92. The summed E-state index contributed by atoms with van der Waals surface area (Å²) in [5, 5.41) is 4.73. The van der Waals surface area contributed by atoms with Gasteiger partial charge in [0.15, 0.2) is 5.65 Å². The van der Waals surface area contributed by atoms with E-state index in [1.54, 1.807) is 39.7 Å². The van der Waals surface area contributed by atoms with Crippen LogP contribution in [-0.2, 0) is 0 Å². The molecule has 1 amide bonds. The highest BCUT2D eigenvalue weighted by Gasteiger charge is 2.36. The molecule has 3 aliphatic rings. The summed E-state index contributed by atoms with van der Waals surface area (Å²) < 4.78 is 32.1. The highest BCUT2D eigenvalue weighted by molar-refractivity contribution is 5.93. The minimum Gasteiger partial charge on any atom is -0.371 e. The summed E-state index contributed by atoms with van der Waals surface area (Å²) >= 11 is 0. The van der Waals surface area contributed by atoms with Gasteiger partial charge in [-0.1, -0.05) is 31.2 Å². The standard InChI is InChI=1S/C31H31F2N5O/c1-18-11-12-36(16-18)21-9-10-24(25(32)13-21)27-15-30-34-28(14-29(20-7-8-20)38(30)35-27)31(39)37-17-26(33)23-6-4-3-5-22(23)19(37)2/h3-6,9-10,13-15,18-20,26H,7-8,11-12,16-17H2,1-2H3/t18-,19+,26-/m0/s1. The third-order valence-corrected chi connectivity index (χ3v) is 8.56. The third kappa shape index (κ3) is 4.17. The van der Waals surface area contributed by atoms with Crippen molar-refractivity contribution in [3.05, 3.63) is 82.9 Å². The van der Waals surface area contributed by atoms with Crippen LogP contribution in [0.3, 0.4) is 0 Å². The number of benzene rings is 2. The average molecular weight is 528 g/mol. The maximum absolute atomic E-state index is 15.3. The van der Waals surface area contributed by atoms with Gasteiger partial charge < -0.3 is 9.80 Å². The first kappa shape index (κ1) is 24.2. The fourth-order valence-electron chi connectivity index (χ4n) is 6.17. The van der Waals surface area contributed by atoms with Crippen molar-refractivity contribution in [3.8, 4) is 11.3 Å². The number of carbonyl (C=O) groups excluding carboxylic acids is 1. The molecule has 7 rings (SSSR count). The van der Waals surface area contributed by atoms with Crippen LogP contribution in [0, 0.1) is 11.7 Å². The van der Waals surface area contributed by atoms with Gasteiger partial charge in [-0.2, -0.15) is 5.10 Å². The lowest BCUT2D eigenvalue weighted by molar-refractivity contribution is 0.0585. The first-order valence-corrected chi connectivity index (χ1v) is 13.9. The van der Waals surface area contributed by atoms with Crippen LogP contribution in [-0.4, -0.2) is 45.0 Å². The summed E-state index contributed by atoms with van der Waals surface area (Å²) in [5.74, 6) is 0.248. The molecule has 3 atom stereocenters. The zero-order chi connectivity index (χ0) is 26.8. The molecule has 0 N–H and O–H groups in total. The molecule has 4 aromatic rings. The summed E-state index contributed by atoms with van der Waals surface area (Å²) in [5.41, 5.74) is 4.90. The molecule has 8 heteroatoms. The highest BCUT2D eigenvalue weighted by Crippen LogP contribution is 2.42. The van der Waals surface area contributed by atoms with Crippen molar-refractivity contribution < 1.29 is 13.6 Å². The summed E-state index contributed by atoms with van der Waals surface area (Å²) in [6.45, 7) is 5.99. The van der Waals surface area contributed by atoms with E-state index < -0.39 is 6.17 Å². The quantitative estimate of drug-likeness (QED) is 0.305. The minimum atomic E-state index is -1.25. The number of aromatic nitrogens is 3. The summed E-state index contributed by atoms with van der Waals surface area (Å²) in [6, 6.07) is 16.0. The smallest absolute Gasteiger partial charge is 0.273 e. The van der Waals surface area contributed by atoms with Crippen molar-refractivity contribution in [1.82, 2.24) is 19.5 Å². The van der Waals surface area contributed by atoms with Gasteiger partial charge in [-0.3, -0.25) is 4.79 Å². The Morgan fingerprint density at radius 1 is 0.974 bits per heavy atom. The van der Waals surface area contributed by atoms with Gasteiger partial charge in [0, 0.05) is 42.0 Å². The molecule has 0 unspecified atom stereocenters. The predicted molar refractivity (Wildman–Crippen MR) is 146 cm³/mol. The van der Waals surface area contributed by atoms with E-state index in [9.17, 15) is 4.79 Å². The van der Waals surface area contributed by atoms with Gasteiger partial charge in [0.1, 0.15) is 17.7 Å². The van der Waals surface area contributed by atoms with Crippen LogP contribution in [0.25, 0.3) is 16.9 Å². The molecule has 2 fully saturated rings. The van der Waals surface area contributed by atoms with Gasteiger partial charge in [0.25, 0.3) is 5.91 Å². The second-order valence-electron chi connectivity index (χ2n) is 11.4. The van der Waals surface area contributed by atoms with E-state index in [2.05, 4.69) is 16.8 Å². The molecule has 1 saturated carbocycles. The molecule has 2 aromatic carbocycles. The van der Waals surface area contributed by atoms with Crippen LogP contribution >= 0.6 is 0 Å². The van der Waals surface area contributed by atoms with Crippen molar-refractivity contribution in [3.63, 3.8) is 0 Å². The number of nitrogens with zero attached hydrogens (tertiary/aromatic N) is 5. The molecular formula is C31H31F2N5O. The van der Waals surface area contributed by atoms with Crippen molar-refractivity contribution in [2.75, 3.05) is 24.5 Å². The fraction of sp³-hybridized carbons (Fsp3) is 0.387. The van der Waals surface area contributed by atoms with E-state index in [-0.39, 0.29) is 35.9 Å². The Balaban J connectivity index is 1.24. The predicted octanol–water partition coefficient (Wildman–Crippen LogP) is 6.49. The van der Waals surface area contributed by atoms with Crippen LogP contribution in [0.15, 0.2) is 54.6 Å². The molecule has 200 valence electrons. The van der Waals surface area contributed by atoms with E-state index in [0.29, 0.717) is 28.4 Å². The number of hydrogen-bond acceptors (Lipinski definition) is 4. The molecule has 2 aliphatic heterocycles. The summed E-state index contributed by atoms with van der Waals surface area (Å²) in [4.78, 5) is 22.2. The van der Waals surface area contributed by atoms with Gasteiger partial charge in [-0.25, -0.2) is 18.3 Å². The molecule has 1 aliphatic carbocycles. The van der Waals surface area contributed by atoms with Crippen molar-refractivity contribution in [2.24, 2.45) is 5.92 Å². The monoisotopic (exact) mass is 527 g/mol. The fourth-order valence-corrected chi connectivity index (χ4v) is 6.17. The number of amides is 1. The topological polar surface area (TPSA) is 53.7 Å². The highest BCUT2D eigenvalue weighted by atomic mass is 19.1. The second-order valence-corrected chi connectivity index (χ2v) is 11.4. The molecular weight excluding hydrogens is 496 g/mol. The molecule has 2 aromatic heterocycles. The van der Waals surface area contributed by atoms with Crippen molar-refractivity contribution >= 4 is 17.2 Å². The average Bonchev–Trinajstić information content (AvgIpc) is 3.55. The molecule has 0 radical (unpaired) electrons. The maximum Gasteiger partial charge on any atom is 0.273 e. The maximum atomic E-state index is 15.3. The Labute approximate surface area is 226 Å². The van der Waals surface area contributed by atoms with Crippen LogP contribution in [0.4, 0.5) is 14.5 Å². The second kappa shape index (κ2) is 9.14. The number of carbonyl (C=O) groups is 1. The van der Waals surface area contributed by atoms with Crippen LogP contribution in [0.1, 0.15) is 78.6 Å². The molecule has 4 heterocycles. The number of fused-ring (bicyclic) bond motifs is 2. The van der Waals surface area contributed by atoms with E-state index in [1.807, 2.05) is 31.2 Å².